The highest BCUT2D eigenvalue weighted by molar-refractivity contribution is 5.96. The van der Waals surface area contributed by atoms with E-state index in [-0.39, 0.29) is 18.4 Å². The van der Waals surface area contributed by atoms with Gasteiger partial charge < -0.3 is 24.2 Å². The number of carboxylic acid groups (broad SMARTS) is 1. The number of carboxylic acids is 1. The van der Waals surface area contributed by atoms with Gasteiger partial charge in [0, 0.05) is 18.2 Å². The number of benzene rings is 1. The van der Waals surface area contributed by atoms with Crippen LogP contribution in [0.3, 0.4) is 0 Å². The van der Waals surface area contributed by atoms with Crippen LogP contribution in [-0.2, 0) is 4.79 Å². The van der Waals surface area contributed by atoms with E-state index in [0.717, 1.165) is 6.42 Å². The first kappa shape index (κ1) is 16.9. The first-order valence-electron chi connectivity index (χ1n) is 7.34. The number of nitrogens with zero attached hydrogens (tertiary/aromatic N) is 1. The van der Waals surface area contributed by atoms with E-state index in [9.17, 15) is 9.59 Å². The molecule has 0 aliphatic carbocycles. The van der Waals surface area contributed by atoms with Crippen LogP contribution in [0.4, 0.5) is 0 Å². The van der Waals surface area contributed by atoms with Crippen molar-refractivity contribution in [2.24, 2.45) is 0 Å². The van der Waals surface area contributed by atoms with Crippen LogP contribution in [0.5, 0.6) is 17.2 Å². The molecule has 7 nitrogen and oxygen atoms in total. The largest absolute Gasteiger partial charge is 0.493 e. The molecule has 1 N–H and O–H groups in total. The molecule has 1 fully saturated rings. The monoisotopic (exact) mass is 323 g/mol. The van der Waals surface area contributed by atoms with Gasteiger partial charge in [0.05, 0.1) is 27.8 Å². The summed E-state index contributed by atoms with van der Waals surface area (Å²) in [6.45, 7) is 0.549. The number of aliphatic carboxylic acids is 1. The Bertz CT molecular complexity index is 575. The molecule has 1 amide bonds. The first-order valence-corrected chi connectivity index (χ1v) is 7.34. The standard InChI is InChI=1S/C16H21NO6/c1-21-12-7-10(8-13(22-2)15(12)23-3)16(20)17-6-4-5-11(17)9-14(18)19/h7-8,11H,4-6,9H2,1-3H3,(H,18,19). The van der Waals surface area contributed by atoms with Crippen molar-refractivity contribution in [2.45, 2.75) is 25.3 Å². The minimum absolute atomic E-state index is 0.0455. The number of hydrogen-bond donors (Lipinski definition) is 1. The summed E-state index contributed by atoms with van der Waals surface area (Å²) in [5.41, 5.74) is 0.386. The van der Waals surface area contributed by atoms with Crippen LogP contribution in [0, 0.1) is 0 Å². The topological polar surface area (TPSA) is 85.3 Å². The smallest absolute Gasteiger partial charge is 0.305 e. The summed E-state index contributed by atoms with van der Waals surface area (Å²) in [5, 5.41) is 8.98. The lowest BCUT2D eigenvalue weighted by Crippen LogP contribution is -2.36. The molecule has 1 aromatic carbocycles. The molecule has 1 aliphatic rings. The molecule has 0 spiro atoms. The molecule has 1 aliphatic heterocycles. The molecule has 0 aromatic heterocycles. The van der Waals surface area contributed by atoms with Crippen LogP contribution in [0.2, 0.25) is 0 Å². The van der Waals surface area contributed by atoms with Crippen LogP contribution in [0.15, 0.2) is 12.1 Å². The molecule has 0 saturated carbocycles. The van der Waals surface area contributed by atoms with Gasteiger partial charge >= 0.3 is 5.97 Å². The third-order valence-electron chi connectivity index (χ3n) is 3.96. The van der Waals surface area contributed by atoms with E-state index in [1.165, 1.54) is 21.3 Å². The van der Waals surface area contributed by atoms with Gasteiger partial charge in [-0.2, -0.15) is 0 Å². The van der Waals surface area contributed by atoms with Gasteiger partial charge in [0.1, 0.15) is 0 Å². The number of rotatable bonds is 6. The highest BCUT2D eigenvalue weighted by atomic mass is 16.5. The van der Waals surface area contributed by atoms with E-state index < -0.39 is 5.97 Å². The summed E-state index contributed by atoms with van der Waals surface area (Å²) in [6.07, 6.45) is 1.45. The lowest BCUT2D eigenvalue weighted by Gasteiger charge is -2.24. The van der Waals surface area contributed by atoms with Gasteiger partial charge in [0.15, 0.2) is 11.5 Å². The second kappa shape index (κ2) is 7.21. The molecular weight excluding hydrogens is 302 g/mol. The fraction of sp³-hybridized carbons (Fsp3) is 0.500. The lowest BCUT2D eigenvalue weighted by molar-refractivity contribution is -0.137. The SMILES string of the molecule is COc1cc(C(=O)N2CCCC2CC(=O)O)cc(OC)c1OC. The van der Waals surface area contributed by atoms with Gasteiger partial charge in [-0.3, -0.25) is 9.59 Å². The first-order chi connectivity index (χ1) is 11.0. The Labute approximate surface area is 134 Å². The zero-order chi connectivity index (χ0) is 17.0. The predicted molar refractivity (Wildman–Crippen MR) is 82.4 cm³/mol. The molecule has 0 radical (unpaired) electrons. The number of carbonyl (C=O) groups is 2. The van der Waals surface area contributed by atoms with Gasteiger partial charge in [0.25, 0.3) is 5.91 Å². The van der Waals surface area contributed by atoms with E-state index >= 15 is 0 Å². The Morgan fingerprint density at radius 2 is 1.78 bits per heavy atom. The molecule has 1 atom stereocenters. The third-order valence-corrected chi connectivity index (χ3v) is 3.96. The number of hydrogen-bond acceptors (Lipinski definition) is 5. The normalized spacial score (nSPS) is 17.0. The summed E-state index contributed by atoms with van der Waals surface area (Å²) in [4.78, 5) is 25.3. The van der Waals surface area contributed by atoms with Gasteiger partial charge in [0.2, 0.25) is 5.75 Å². The molecule has 1 aromatic rings. The maximum atomic E-state index is 12.8. The van der Waals surface area contributed by atoms with E-state index in [4.69, 9.17) is 19.3 Å². The average molecular weight is 323 g/mol. The summed E-state index contributed by atoms with van der Waals surface area (Å²) < 4.78 is 15.7. The fourth-order valence-corrected chi connectivity index (χ4v) is 2.89. The van der Waals surface area contributed by atoms with E-state index in [0.29, 0.717) is 35.8 Å². The van der Waals surface area contributed by atoms with Crippen LogP contribution < -0.4 is 14.2 Å². The van der Waals surface area contributed by atoms with Crippen molar-refractivity contribution in [3.05, 3.63) is 17.7 Å². The highest BCUT2D eigenvalue weighted by Gasteiger charge is 2.32. The predicted octanol–water partition coefficient (Wildman–Crippen LogP) is 1.79. The van der Waals surface area contributed by atoms with Gasteiger partial charge in [-0.15, -0.1) is 0 Å². The van der Waals surface area contributed by atoms with Crippen molar-refractivity contribution in [2.75, 3.05) is 27.9 Å². The molecule has 0 bridgehead atoms. The summed E-state index contributed by atoms with van der Waals surface area (Å²) in [6, 6.07) is 2.89. The van der Waals surface area contributed by atoms with Gasteiger partial charge in [-0.05, 0) is 25.0 Å². The maximum Gasteiger partial charge on any atom is 0.305 e. The minimum atomic E-state index is -0.903. The van der Waals surface area contributed by atoms with E-state index in [1.807, 2.05) is 0 Å². The quantitative estimate of drug-likeness (QED) is 0.859. The Hall–Kier alpha value is -2.44. The van der Waals surface area contributed by atoms with Crippen molar-refractivity contribution in [1.29, 1.82) is 0 Å². The fourth-order valence-electron chi connectivity index (χ4n) is 2.89. The molecule has 7 heteroatoms. The van der Waals surface area contributed by atoms with Crippen LogP contribution in [0.1, 0.15) is 29.6 Å². The minimum Gasteiger partial charge on any atom is -0.493 e. The van der Waals surface area contributed by atoms with E-state index in [1.54, 1.807) is 17.0 Å². The highest BCUT2D eigenvalue weighted by Crippen LogP contribution is 2.39. The summed E-state index contributed by atoms with van der Waals surface area (Å²) in [5.74, 6) is 0.0658. The van der Waals surface area contributed by atoms with Crippen LogP contribution in [-0.4, -0.2) is 55.8 Å². The Morgan fingerprint density at radius 3 is 2.26 bits per heavy atom. The molecule has 126 valence electrons. The summed E-state index contributed by atoms with van der Waals surface area (Å²) >= 11 is 0. The number of amides is 1. The van der Waals surface area contributed by atoms with Crippen molar-refractivity contribution >= 4 is 11.9 Å². The van der Waals surface area contributed by atoms with Crippen molar-refractivity contribution in [3.8, 4) is 17.2 Å². The van der Waals surface area contributed by atoms with Crippen molar-refractivity contribution in [3.63, 3.8) is 0 Å². The molecule has 1 heterocycles. The molecule has 1 unspecified atom stereocenters. The number of likely N-dealkylation sites (tertiary alicyclic amines) is 1. The molecule has 2 rings (SSSR count). The lowest BCUT2D eigenvalue weighted by atomic mass is 10.1. The van der Waals surface area contributed by atoms with Gasteiger partial charge in [-0.25, -0.2) is 0 Å². The zero-order valence-electron chi connectivity index (χ0n) is 13.5. The Morgan fingerprint density at radius 1 is 1.17 bits per heavy atom. The van der Waals surface area contributed by atoms with Crippen molar-refractivity contribution < 1.29 is 28.9 Å². The number of ether oxygens (including phenoxy) is 3. The maximum absolute atomic E-state index is 12.8. The molecule has 23 heavy (non-hydrogen) atoms. The molecular formula is C16H21NO6. The average Bonchev–Trinajstić information content (AvgIpc) is 2.99. The Balaban J connectivity index is 2.33. The second-order valence-corrected chi connectivity index (χ2v) is 5.31. The third kappa shape index (κ3) is 3.49. The number of carbonyl (C=O) groups excluding carboxylic acids is 1. The van der Waals surface area contributed by atoms with E-state index in [2.05, 4.69) is 0 Å². The Kier molecular flexibility index (Phi) is 5.31. The van der Waals surface area contributed by atoms with Crippen molar-refractivity contribution in [1.82, 2.24) is 4.90 Å². The van der Waals surface area contributed by atoms with Crippen LogP contribution >= 0.6 is 0 Å². The second-order valence-electron chi connectivity index (χ2n) is 5.31. The number of methoxy groups -OCH3 is 3. The zero-order valence-corrected chi connectivity index (χ0v) is 13.5. The van der Waals surface area contributed by atoms with Crippen LogP contribution in [0.25, 0.3) is 0 Å². The van der Waals surface area contributed by atoms with Gasteiger partial charge in [-0.1, -0.05) is 0 Å². The summed E-state index contributed by atoms with van der Waals surface area (Å²) in [7, 11) is 4.45. The molecule has 1 saturated heterocycles.